The molecule has 8 heteroatoms. The predicted octanol–water partition coefficient (Wildman–Crippen LogP) is 1.77. The summed E-state index contributed by atoms with van der Waals surface area (Å²) in [5.74, 6) is -0.636. The van der Waals surface area contributed by atoms with E-state index >= 15 is 0 Å². The monoisotopic (exact) mass is 388 g/mol. The Balaban J connectivity index is 2.12. The van der Waals surface area contributed by atoms with Gasteiger partial charge in [-0.2, -0.15) is 0 Å². The molecule has 27 heavy (non-hydrogen) atoms. The fourth-order valence-corrected chi connectivity index (χ4v) is 3.45. The molecule has 1 aliphatic rings. The number of ether oxygens (including phenoxy) is 1. The van der Waals surface area contributed by atoms with Crippen LogP contribution in [0, 0.1) is 6.92 Å². The molecule has 1 saturated carbocycles. The number of hydrogen-bond donors (Lipinski definition) is 2. The first-order chi connectivity index (χ1) is 12.7. The molecule has 2 aromatic rings. The normalized spacial score (nSPS) is 13.9. The van der Waals surface area contributed by atoms with E-state index < -0.39 is 15.8 Å². The van der Waals surface area contributed by atoms with Crippen LogP contribution in [0.25, 0.3) is 0 Å². The lowest BCUT2D eigenvalue weighted by Gasteiger charge is -2.13. The maximum atomic E-state index is 13.1. The highest BCUT2D eigenvalue weighted by atomic mass is 32.2. The maximum Gasteiger partial charge on any atom is 0.251 e. The molecular formula is C19H20N2O5S. The molecule has 1 aliphatic carbocycles. The van der Waals surface area contributed by atoms with Crippen LogP contribution in [0.2, 0.25) is 0 Å². The summed E-state index contributed by atoms with van der Waals surface area (Å²) in [7, 11) is -2.74. The second-order valence-electron chi connectivity index (χ2n) is 6.54. The van der Waals surface area contributed by atoms with Gasteiger partial charge in [-0.05, 0) is 50.1 Å². The van der Waals surface area contributed by atoms with Crippen molar-refractivity contribution in [2.45, 2.75) is 30.7 Å². The number of hydrogen-bond acceptors (Lipinski definition) is 5. The van der Waals surface area contributed by atoms with Crippen molar-refractivity contribution in [3.8, 4) is 5.75 Å². The number of nitrogens with two attached hydrogens (primary N) is 1. The molecule has 1 amide bonds. The zero-order valence-electron chi connectivity index (χ0n) is 15.0. The SMILES string of the molecule is COc1ccc(C)cc1C(=O)c1cc(C(=O)NC2CC2)ccc1S(N)(=O)=O. The van der Waals surface area contributed by atoms with Crippen molar-refractivity contribution in [2.75, 3.05) is 7.11 Å². The molecule has 0 spiro atoms. The molecule has 142 valence electrons. The summed E-state index contributed by atoms with van der Waals surface area (Å²) in [5, 5.41) is 8.09. The van der Waals surface area contributed by atoms with Crippen molar-refractivity contribution in [1.82, 2.24) is 5.32 Å². The minimum atomic E-state index is -4.16. The number of nitrogens with one attached hydrogen (secondary N) is 1. The van der Waals surface area contributed by atoms with Gasteiger partial charge in [0.2, 0.25) is 10.0 Å². The molecule has 0 heterocycles. The molecule has 0 radical (unpaired) electrons. The summed E-state index contributed by atoms with van der Waals surface area (Å²) in [6.07, 6.45) is 1.82. The maximum absolute atomic E-state index is 13.1. The molecule has 0 aliphatic heterocycles. The van der Waals surface area contributed by atoms with E-state index in [-0.39, 0.29) is 33.5 Å². The lowest BCUT2D eigenvalue weighted by Crippen LogP contribution is -2.26. The van der Waals surface area contributed by atoms with Gasteiger partial charge in [0.15, 0.2) is 5.78 Å². The highest BCUT2D eigenvalue weighted by molar-refractivity contribution is 7.89. The highest BCUT2D eigenvalue weighted by Crippen LogP contribution is 2.27. The van der Waals surface area contributed by atoms with E-state index in [1.807, 2.05) is 0 Å². The average molecular weight is 388 g/mol. The van der Waals surface area contributed by atoms with Gasteiger partial charge >= 0.3 is 0 Å². The van der Waals surface area contributed by atoms with Gasteiger partial charge in [0.05, 0.1) is 17.6 Å². The number of carbonyl (C=O) groups is 2. The van der Waals surface area contributed by atoms with Gasteiger partial charge in [0, 0.05) is 17.2 Å². The molecule has 0 unspecified atom stereocenters. The third-order valence-corrected chi connectivity index (χ3v) is 5.27. The summed E-state index contributed by atoms with van der Waals surface area (Å²) in [6, 6.07) is 8.94. The zero-order valence-corrected chi connectivity index (χ0v) is 15.8. The second kappa shape index (κ2) is 7.13. The van der Waals surface area contributed by atoms with E-state index in [4.69, 9.17) is 9.88 Å². The number of methoxy groups -OCH3 is 1. The van der Waals surface area contributed by atoms with E-state index in [1.165, 1.54) is 25.3 Å². The summed E-state index contributed by atoms with van der Waals surface area (Å²) in [6.45, 7) is 1.80. The van der Waals surface area contributed by atoms with Gasteiger partial charge in [-0.3, -0.25) is 9.59 Å². The third kappa shape index (κ3) is 4.17. The van der Waals surface area contributed by atoms with E-state index in [0.29, 0.717) is 5.75 Å². The molecule has 0 bridgehead atoms. The van der Waals surface area contributed by atoms with Crippen molar-refractivity contribution in [3.05, 3.63) is 58.7 Å². The molecule has 7 nitrogen and oxygen atoms in total. The minimum absolute atomic E-state index is 0.131. The molecule has 0 saturated heterocycles. The van der Waals surface area contributed by atoms with Crippen molar-refractivity contribution in [2.24, 2.45) is 5.14 Å². The van der Waals surface area contributed by atoms with E-state index in [0.717, 1.165) is 18.4 Å². The molecule has 0 atom stereocenters. The second-order valence-corrected chi connectivity index (χ2v) is 8.07. The predicted molar refractivity (Wildman–Crippen MR) is 99.5 cm³/mol. The third-order valence-electron chi connectivity index (χ3n) is 4.31. The first-order valence-corrected chi connectivity index (χ1v) is 9.92. The van der Waals surface area contributed by atoms with Crippen molar-refractivity contribution in [3.63, 3.8) is 0 Å². The summed E-state index contributed by atoms with van der Waals surface area (Å²) in [4.78, 5) is 25.1. The van der Waals surface area contributed by atoms with Crippen molar-refractivity contribution in [1.29, 1.82) is 0 Å². The van der Waals surface area contributed by atoms with Crippen LogP contribution >= 0.6 is 0 Å². The number of primary sulfonamides is 1. The Labute approximate surface area is 157 Å². The lowest BCUT2D eigenvalue weighted by atomic mass is 9.98. The van der Waals surface area contributed by atoms with Crippen LogP contribution in [0.1, 0.15) is 44.7 Å². The van der Waals surface area contributed by atoms with Gasteiger partial charge in [-0.15, -0.1) is 0 Å². The number of sulfonamides is 1. The Morgan fingerprint density at radius 1 is 1.11 bits per heavy atom. The van der Waals surface area contributed by atoms with E-state index in [9.17, 15) is 18.0 Å². The van der Waals surface area contributed by atoms with Crippen molar-refractivity contribution >= 4 is 21.7 Å². The summed E-state index contributed by atoms with van der Waals surface area (Å²) >= 11 is 0. The van der Waals surface area contributed by atoms with Gasteiger partial charge in [0.25, 0.3) is 5.91 Å². The first kappa shape index (κ1) is 19.1. The number of amides is 1. The largest absolute Gasteiger partial charge is 0.496 e. The Hall–Kier alpha value is -2.71. The van der Waals surface area contributed by atoms with Gasteiger partial charge < -0.3 is 10.1 Å². The number of rotatable bonds is 6. The average Bonchev–Trinajstić information content (AvgIpc) is 3.43. The quantitative estimate of drug-likeness (QED) is 0.732. The van der Waals surface area contributed by atoms with E-state index in [1.54, 1.807) is 25.1 Å². The van der Waals surface area contributed by atoms with Gasteiger partial charge in [0.1, 0.15) is 5.75 Å². The molecule has 3 rings (SSSR count). The number of carbonyl (C=O) groups excluding carboxylic acids is 2. The Bertz CT molecular complexity index is 1030. The topological polar surface area (TPSA) is 116 Å². The van der Waals surface area contributed by atoms with E-state index in [2.05, 4.69) is 5.32 Å². The van der Waals surface area contributed by atoms with Crippen LogP contribution < -0.4 is 15.2 Å². The smallest absolute Gasteiger partial charge is 0.251 e. The summed E-state index contributed by atoms with van der Waals surface area (Å²) in [5.41, 5.74) is 1.04. The first-order valence-electron chi connectivity index (χ1n) is 8.38. The molecule has 1 fully saturated rings. The van der Waals surface area contributed by atoms with Crippen LogP contribution in [0.15, 0.2) is 41.3 Å². The van der Waals surface area contributed by atoms with Gasteiger partial charge in [-0.25, -0.2) is 13.6 Å². The minimum Gasteiger partial charge on any atom is -0.496 e. The van der Waals surface area contributed by atoms with Crippen LogP contribution in [0.4, 0.5) is 0 Å². The fraction of sp³-hybridized carbons (Fsp3) is 0.263. The highest BCUT2D eigenvalue weighted by Gasteiger charge is 2.27. The summed E-state index contributed by atoms with van der Waals surface area (Å²) < 4.78 is 29.2. The number of benzene rings is 2. The Morgan fingerprint density at radius 3 is 2.41 bits per heavy atom. The molecule has 0 aromatic heterocycles. The van der Waals surface area contributed by atoms with Crippen LogP contribution in [0.5, 0.6) is 5.75 Å². The zero-order chi connectivity index (χ0) is 19.8. The number of aryl methyl sites for hydroxylation is 1. The standard InChI is InChI=1S/C19H20N2O5S/c1-11-3-7-16(26-2)14(9-11)18(22)15-10-12(19(23)21-13-5-6-13)4-8-17(15)27(20,24)25/h3-4,7-10,13H,5-6H2,1-2H3,(H,21,23)(H2,20,24,25). The lowest BCUT2D eigenvalue weighted by molar-refractivity contribution is 0.0951. The van der Waals surface area contributed by atoms with Gasteiger partial charge in [-0.1, -0.05) is 11.6 Å². The molecule has 2 aromatic carbocycles. The van der Waals surface area contributed by atoms with Crippen LogP contribution in [-0.4, -0.2) is 33.3 Å². The van der Waals surface area contributed by atoms with Crippen molar-refractivity contribution < 1.29 is 22.7 Å². The molecular weight excluding hydrogens is 368 g/mol. The molecule has 3 N–H and O–H groups in total. The fourth-order valence-electron chi connectivity index (χ4n) is 2.74. The Kier molecular flexibility index (Phi) is 5.03. The van der Waals surface area contributed by atoms with Crippen LogP contribution in [0.3, 0.4) is 0 Å². The van der Waals surface area contributed by atoms with Crippen LogP contribution in [-0.2, 0) is 10.0 Å². The Morgan fingerprint density at radius 2 is 1.81 bits per heavy atom. The number of ketones is 1.